The maximum absolute atomic E-state index is 13.0. The Kier molecular flexibility index (Phi) is 4.88. The Bertz CT molecular complexity index is 670. The Labute approximate surface area is 120 Å². The van der Waals surface area contributed by atoms with Crippen molar-refractivity contribution in [2.24, 2.45) is 0 Å². The van der Waals surface area contributed by atoms with Gasteiger partial charge in [-0.05, 0) is 24.3 Å². The Morgan fingerprint density at radius 3 is 3.00 bits per heavy atom. The van der Waals surface area contributed by atoms with Gasteiger partial charge in [-0.1, -0.05) is 17.9 Å². The Balaban J connectivity index is 1.95. The molecule has 0 aliphatic heterocycles. The van der Waals surface area contributed by atoms with Crippen molar-refractivity contribution in [3.63, 3.8) is 0 Å². The molecular formula is C15H12FNO2S. The lowest BCUT2D eigenvalue weighted by Gasteiger charge is -2.03. The lowest BCUT2D eigenvalue weighted by atomic mass is 10.2. The number of amides is 1. The van der Waals surface area contributed by atoms with Crippen LogP contribution in [0.3, 0.4) is 0 Å². The van der Waals surface area contributed by atoms with Crippen LogP contribution >= 0.6 is 11.3 Å². The summed E-state index contributed by atoms with van der Waals surface area (Å²) in [5.41, 5.74) is 1.10. The summed E-state index contributed by atoms with van der Waals surface area (Å²) in [7, 11) is 0. The first-order valence-corrected chi connectivity index (χ1v) is 6.78. The summed E-state index contributed by atoms with van der Waals surface area (Å²) >= 11 is 1.47. The zero-order valence-electron chi connectivity index (χ0n) is 10.5. The highest BCUT2D eigenvalue weighted by Crippen LogP contribution is 2.14. The van der Waals surface area contributed by atoms with Crippen LogP contribution in [0, 0.1) is 17.7 Å². The highest BCUT2D eigenvalue weighted by molar-refractivity contribution is 7.10. The van der Waals surface area contributed by atoms with Gasteiger partial charge in [0.25, 0.3) is 5.91 Å². The third-order valence-corrected chi connectivity index (χ3v) is 3.41. The lowest BCUT2D eigenvalue weighted by molar-refractivity contribution is 0.0951. The SMILES string of the molecule is O=C(NCc1cc(C#CCO)cs1)c1cccc(F)c1. The molecule has 0 unspecified atom stereocenters. The number of halogens is 1. The van der Waals surface area contributed by atoms with Gasteiger partial charge < -0.3 is 10.4 Å². The molecule has 20 heavy (non-hydrogen) atoms. The monoisotopic (exact) mass is 289 g/mol. The van der Waals surface area contributed by atoms with Crippen LogP contribution in [-0.2, 0) is 6.54 Å². The number of rotatable bonds is 3. The number of aliphatic hydroxyl groups excluding tert-OH is 1. The number of benzene rings is 1. The number of hydrogen-bond acceptors (Lipinski definition) is 3. The molecule has 5 heteroatoms. The van der Waals surface area contributed by atoms with E-state index in [0.29, 0.717) is 12.1 Å². The molecule has 1 aromatic carbocycles. The van der Waals surface area contributed by atoms with Crippen LogP contribution in [0.15, 0.2) is 35.7 Å². The summed E-state index contributed by atoms with van der Waals surface area (Å²) in [6.07, 6.45) is 0. The quantitative estimate of drug-likeness (QED) is 0.851. The van der Waals surface area contributed by atoms with Crippen LogP contribution in [0.2, 0.25) is 0 Å². The molecule has 0 spiro atoms. The molecular weight excluding hydrogens is 277 g/mol. The predicted molar refractivity (Wildman–Crippen MR) is 75.9 cm³/mol. The number of aliphatic hydroxyl groups is 1. The van der Waals surface area contributed by atoms with Gasteiger partial charge >= 0.3 is 0 Å². The molecule has 0 aliphatic rings. The van der Waals surface area contributed by atoms with Gasteiger partial charge in [0.1, 0.15) is 12.4 Å². The van der Waals surface area contributed by atoms with Crippen molar-refractivity contribution >= 4 is 17.2 Å². The van der Waals surface area contributed by atoms with Crippen molar-refractivity contribution < 1.29 is 14.3 Å². The molecule has 2 aromatic rings. The molecule has 2 N–H and O–H groups in total. The van der Waals surface area contributed by atoms with Gasteiger partial charge in [0.05, 0.1) is 6.54 Å². The van der Waals surface area contributed by atoms with E-state index in [1.165, 1.54) is 29.5 Å². The lowest BCUT2D eigenvalue weighted by Crippen LogP contribution is -2.22. The maximum Gasteiger partial charge on any atom is 0.251 e. The zero-order valence-corrected chi connectivity index (χ0v) is 11.3. The van der Waals surface area contributed by atoms with Gasteiger partial charge in [-0.25, -0.2) is 4.39 Å². The number of carbonyl (C=O) groups excluding carboxylic acids is 1. The smallest absolute Gasteiger partial charge is 0.251 e. The molecule has 0 bridgehead atoms. The zero-order chi connectivity index (χ0) is 14.4. The highest BCUT2D eigenvalue weighted by atomic mass is 32.1. The van der Waals surface area contributed by atoms with Crippen molar-refractivity contribution in [1.29, 1.82) is 0 Å². The fourth-order valence-corrected chi connectivity index (χ4v) is 2.34. The second-order valence-electron chi connectivity index (χ2n) is 3.95. The van der Waals surface area contributed by atoms with Crippen LogP contribution in [0.5, 0.6) is 0 Å². The first-order chi connectivity index (χ1) is 9.69. The van der Waals surface area contributed by atoms with E-state index < -0.39 is 5.82 Å². The molecule has 0 saturated carbocycles. The first kappa shape index (κ1) is 14.3. The molecule has 102 valence electrons. The van der Waals surface area contributed by atoms with E-state index in [9.17, 15) is 9.18 Å². The van der Waals surface area contributed by atoms with Crippen molar-refractivity contribution in [2.75, 3.05) is 6.61 Å². The van der Waals surface area contributed by atoms with E-state index in [0.717, 1.165) is 10.4 Å². The topological polar surface area (TPSA) is 49.3 Å². The third kappa shape index (κ3) is 3.92. The molecule has 0 aliphatic carbocycles. The van der Waals surface area contributed by atoms with Crippen LogP contribution in [0.25, 0.3) is 0 Å². The minimum Gasteiger partial charge on any atom is -0.384 e. The summed E-state index contributed by atoms with van der Waals surface area (Å²) in [5.74, 6) is 4.59. The van der Waals surface area contributed by atoms with E-state index >= 15 is 0 Å². The van der Waals surface area contributed by atoms with E-state index in [2.05, 4.69) is 17.2 Å². The van der Waals surface area contributed by atoms with Gasteiger partial charge in [-0.15, -0.1) is 11.3 Å². The van der Waals surface area contributed by atoms with Crippen LogP contribution in [-0.4, -0.2) is 17.6 Å². The van der Waals surface area contributed by atoms with Crippen LogP contribution in [0.4, 0.5) is 4.39 Å². The minimum absolute atomic E-state index is 0.179. The average Bonchev–Trinajstić information content (AvgIpc) is 2.90. The van der Waals surface area contributed by atoms with E-state index in [-0.39, 0.29) is 12.5 Å². The fraction of sp³-hybridized carbons (Fsp3) is 0.133. The average molecular weight is 289 g/mol. The highest BCUT2D eigenvalue weighted by Gasteiger charge is 2.06. The summed E-state index contributed by atoms with van der Waals surface area (Å²) in [5, 5.41) is 13.2. The molecule has 1 aromatic heterocycles. The van der Waals surface area contributed by atoms with Gasteiger partial charge in [0.2, 0.25) is 0 Å². The second-order valence-corrected chi connectivity index (χ2v) is 4.95. The Morgan fingerprint density at radius 1 is 1.40 bits per heavy atom. The van der Waals surface area contributed by atoms with Gasteiger partial charge in [-0.2, -0.15) is 0 Å². The number of carbonyl (C=O) groups is 1. The number of nitrogens with one attached hydrogen (secondary N) is 1. The van der Waals surface area contributed by atoms with Crippen molar-refractivity contribution in [3.05, 3.63) is 57.5 Å². The van der Waals surface area contributed by atoms with Gasteiger partial charge in [0.15, 0.2) is 0 Å². The standard InChI is InChI=1S/C15H12FNO2S/c16-13-5-1-4-12(8-13)15(19)17-9-14-7-11(10-20-14)3-2-6-18/h1,4-5,7-8,10,18H,6,9H2,(H,17,19). The molecule has 0 saturated heterocycles. The summed E-state index contributed by atoms with van der Waals surface area (Å²) in [4.78, 5) is 12.8. The molecule has 0 atom stereocenters. The fourth-order valence-electron chi connectivity index (χ4n) is 1.58. The number of thiophene rings is 1. The normalized spacial score (nSPS) is 9.70. The summed E-state index contributed by atoms with van der Waals surface area (Å²) in [6.45, 7) is 0.183. The largest absolute Gasteiger partial charge is 0.384 e. The molecule has 0 radical (unpaired) electrons. The van der Waals surface area contributed by atoms with Crippen LogP contribution in [0.1, 0.15) is 20.8 Å². The molecule has 1 heterocycles. The van der Waals surface area contributed by atoms with E-state index in [1.807, 2.05) is 11.4 Å². The van der Waals surface area contributed by atoms with Crippen molar-refractivity contribution in [3.8, 4) is 11.8 Å². The second kappa shape index (κ2) is 6.85. The molecule has 0 fully saturated rings. The Morgan fingerprint density at radius 2 is 2.25 bits per heavy atom. The summed E-state index contributed by atoms with van der Waals surface area (Å²) < 4.78 is 13.0. The molecule has 3 nitrogen and oxygen atoms in total. The predicted octanol–water partition coefficient (Wildman–Crippen LogP) is 2.16. The van der Waals surface area contributed by atoms with Crippen LogP contribution < -0.4 is 5.32 Å². The van der Waals surface area contributed by atoms with Crippen molar-refractivity contribution in [1.82, 2.24) is 5.32 Å². The van der Waals surface area contributed by atoms with E-state index in [4.69, 9.17) is 5.11 Å². The molecule has 2 rings (SSSR count). The third-order valence-electron chi connectivity index (χ3n) is 2.48. The number of hydrogen-bond donors (Lipinski definition) is 2. The summed E-state index contributed by atoms with van der Waals surface area (Å²) in [6, 6.07) is 7.40. The van der Waals surface area contributed by atoms with Gasteiger partial charge in [-0.3, -0.25) is 4.79 Å². The van der Waals surface area contributed by atoms with Gasteiger partial charge in [0, 0.05) is 21.4 Å². The van der Waals surface area contributed by atoms with E-state index in [1.54, 1.807) is 6.07 Å². The van der Waals surface area contributed by atoms with Crippen molar-refractivity contribution in [2.45, 2.75) is 6.54 Å². The molecule has 1 amide bonds. The minimum atomic E-state index is -0.435. The Hall–Kier alpha value is -2.16. The maximum atomic E-state index is 13.0. The first-order valence-electron chi connectivity index (χ1n) is 5.90.